The molecule has 31 heavy (non-hydrogen) atoms. The van der Waals surface area contributed by atoms with Crippen molar-refractivity contribution >= 4 is 23.5 Å². The fraction of sp³-hybridized carbons (Fsp3) is 0.667. The quantitative estimate of drug-likeness (QED) is 0.411. The summed E-state index contributed by atoms with van der Waals surface area (Å²) >= 11 is 0. The average Bonchev–Trinajstić information content (AvgIpc) is 2.64. The fourth-order valence-electron chi connectivity index (χ4n) is 6.03. The highest BCUT2D eigenvalue weighted by atomic mass is 16.5. The molecule has 0 heterocycles. The molecule has 1 saturated carbocycles. The van der Waals surface area contributed by atoms with Gasteiger partial charge in [-0.05, 0) is 30.6 Å². The molecular weight excluding hydrogens is 400 g/mol. The van der Waals surface area contributed by atoms with Crippen LogP contribution in [0.2, 0.25) is 0 Å². The van der Waals surface area contributed by atoms with E-state index < -0.39 is 40.9 Å². The lowest BCUT2D eigenvalue weighted by Crippen LogP contribution is -2.53. The number of hydrogen-bond donors (Lipinski definition) is 1. The molecule has 0 aromatic carbocycles. The van der Waals surface area contributed by atoms with E-state index in [9.17, 15) is 24.3 Å². The van der Waals surface area contributed by atoms with Crippen molar-refractivity contribution in [1.29, 1.82) is 0 Å². The van der Waals surface area contributed by atoms with E-state index in [4.69, 9.17) is 9.47 Å². The molecule has 4 atom stereocenters. The Kier molecular flexibility index (Phi) is 5.93. The van der Waals surface area contributed by atoms with Gasteiger partial charge in [0.05, 0.1) is 12.2 Å². The first-order valence-corrected chi connectivity index (χ1v) is 10.9. The van der Waals surface area contributed by atoms with Crippen LogP contribution in [0.4, 0.5) is 0 Å². The number of allylic oxidation sites excluding steroid dienone is 1. The second-order valence-corrected chi connectivity index (χ2v) is 10.1. The van der Waals surface area contributed by atoms with Crippen LogP contribution in [0.25, 0.3) is 0 Å². The molecule has 3 aliphatic carbocycles. The Morgan fingerprint density at radius 3 is 2.32 bits per heavy atom. The maximum Gasteiger partial charge on any atom is 0.303 e. The molecule has 0 bridgehead atoms. The van der Waals surface area contributed by atoms with E-state index in [0.717, 1.165) is 19.3 Å². The first-order chi connectivity index (χ1) is 14.3. The summed E-state index contributed by atoms with van der Waals surface area (Å²) in [6.07, 6.45) is 2.25. The molecule has 3 aliphatic rings. The van der Waals surface area contributed by atoms with Crippen molar-refractivity contribution in [2.75, 3.05) is 6.61 Å². The summed E-state index contributed by atoms with van der Waals surface area (Å²) < 4.78 is 10.6. The maximum atomic E-state index is 13.5. The summed E-state index contributed by atoms with van der Waals surface area (Å²) in [5, 5.41) is 11.2. The number of hydrogen-bond acceptors (Lipinski definition) is 7. The number of ether oxygens (including phenoxy) is 2. The molecule has 3 rings (SSSR count). The van der Waals surface area contributed by atoms with Crippen molar-refractivity contribution in [2.24, 2.45) is 22.7 Å². The number of aliphatic hydroxyl groups is 1. The molecule has 0 radical (unpaired) electrons. The first-order valence-electron chi connectivity index (χ1n) is 10.9. The molecule has 1 fully saturated rings. The third-order valence-corrected chi connectivity index (χ3v) is 7.37. The molecule has 7 nitrogen and oxygen atoms in total. The average molecular weight is 433 g/mol. The van der Waals surface area contributed by atoms with Crippen LogP contribution in [0.15, 0.2) is 22.5 Å². The summed E-state index contributed by atoms with van der Waals surface area (Å²) in [7, 11) is 0. The van der Waals surface area contributed by atoms with Crippen LogP contribution in [-0.2, 0) is 28.7 Å². The Balaban J connectivity index is 2.21. The van der Waals surface area contributed by atoms with Gasteiger partial charge in [0.15, 0.2) is 0 Å². The second-order valence-electron chi connectivity index (χ2n) is 10.1. The molecule has 7 heteroatoms. The van der Waals surface area contributed by atoms with Gasteiger partial charge in [-0.2, -0.15) is 0 Å². The van der Waals surface area contributed by atoms with Gasteiger partial charge in [0.25, 0.3) is 0 Å². The highest BCUT2D eigenvalue weighted by Gasteiger charge is 2.58. The van der Waals surface area contributed by atoms with Crippen LogP contribution in [0.3, 0.4) is 0 Å². The lowest BCUT2D eigenvalue weighted by molar-refractivity contribution is -0.149. The van der Waals surface area contributed by atoms with Crippen molar-refractivity contribution in [1.82, 2.24) is 0 Å². The van der Waals surface area contributed by atoms with Gasteiger partial charge in [-0.3, -0.25) is 19.2 Å². The van der Waals surface area contributed by atoms with Crippen LogP contribution in [-0.4, -0.2) is 41.3 Å². The predicted molar refractivity (Wildman–Crippen MR) is 112 cm³/mol. The minimum Gasteiger partial charge on any atom is -0.507 e. The van der Waals surface area contributed by atoms with Gasteiger partial charge >= 0.3 is 11.9 Å². The van der Waals surface area contributed by atoms with Crippen LogP contribution < -0.4 is 0 Å². The fourth-order valence-corrected chi connectivity index (χ4v) is 6.03. The maximum absolute atomic E-state index is 13.5. The predicted octanol–water partition coefficient (Wildman–Crippen LogP) is 3.61. The summed E-state index contributed by atoms with van der Waals surface area (Å²) in [4.78, 5) is 49.7. The molecule has 0 spiro atoms. The minimum absolute atomic E-state index is 0.0152. The Hall–Kier alpha value is -2.44. The van der Waals surface area contributed by atoms with E-state index in [1.54, 1.807) is 6.92 Å². The van der Waals surface area contributed by atoms with Crippen molar-refractivity contribution < 1.29 is 33.8 Å². The molecule has 0 saturated heterocycles. The molecule has 170 valence electrons. The Labute approximate surface area is 182 Å². The van der Waals surface area contributed by atoms with Gasteiger partial charge in [-0.1, -0.05) is 34.1 Å². The second kappa shape index (κ2) is 7.92. The van der Waals surface area contributed by atoms with Crippen LogP contribution in [0, 0.1) is 22.7 Å². The zero-order chi connectivity index (χ0) is 23.3. The van der Waals surface area contributed by atoms with Gasteiger partial charge < -0.3 is 14.6 Å². The third-order valence-electron chi connectivity index (χ3n) is 7.37. The zero-order valence-corrected chi connectivity index (χ0v) is 19.2. The number of rotatable bonds is 4. The van der Waals surface area contributed by atoms with Crippen molar-refractivity contribution in [3.8, 4) is 0 Å². The number of aliphatic hydroxyl groups excluding tert-OH is 1. The lowest BCUT2D eigenvalue weighted by Gasteiger charge is -2.56. The first kappa shape index (κ1) is 23.2. The van der Waals surface area contributed by atoms with Crippen molar-refractivity contribution in [2.45, 2.75) is 73.3 Å². The normalized spacial score (nSPS) is 31.0. The molecule has 0 amide bonds. The largest absolute Gasteiger partial charge is 0.507 e. The molecule has 0 aliphatic heterocycles. The van der Waals surface area contributed by atoms with Gasteiger partial charge in [-0.15, -0.1) is 0 Å². The van der Waals surface area contributed by atoms with Crippen LogP contribution in [0.5, 0.6) is 0 Å². The zero-order valence-electron chi connectivity index (χ0n) is 19.2. The number of Topliss-reactive ketones (excluding diaryl/α,β-unsaturated/α-hetero) is 2. The minimum atomic E-state index is -0.809. The van der Waals surface area contributed by atoms with Gasteiger partial charge in [0, 0.05) is 36.3 Å². The highest BCUT2D eigenvalue weighted by Crippen LogP contribution is 2.61. The number of ketones is 2. The summed E-state index contributed by atoms with van der Waals surface area (Å²) in [5.41, 5.74) is -0.261. The van der Waals surface area contributed by atoms with Crippen LogP contribution >= 0.6 is 0 Å². The number of esters is 2. The molecule has 0 aromatic heterocycles. The molecular formula is C24H32O7. The molecule has 0 aromatic rings. The van der Waals surface area contributed by atoms with E-state index >= 15 is 0 Å². The standard InChI is InChI=1S/C24H32O7/c1-12(11-30-13(2)25)17-20(27)18-15(31-14(3)26)10-16-23(4,5)8-7-9-24(16,6)19(18)22(29)21(17)28/h12,15-16,27H,7-11H2,1-6H3/t12?,15?,16?,24-/m1/s1. The highest BCUT2D eigenvalue weighted by molar-refractivity contribution is 6.50. The van der Waals surface area contributed by atoms with Crippen molar-refractivity contribution in [3.05, 3.63) is 22.5 Å². The SMILES string of the molecule is CC(=O)OCC(C)C1=C(O)C2=C(C(=O)C1=O)[C@]1(C)CCCC(C)(C)C1CC2OC(C)=O. The molecule has 1 N–H and O–H groups in total. The topological polar surface area (TPSA) is 107 Å². The summed E-state index contributed by atoms with van der Waals surface area (Å²) in [6.45, 7) is 10.3. The number of carbonyl (C=O) groups excluding carboxylic acids is 4. The number of carbonyl (C=O) groups is 4. The van der Waals surface area contributed by atoms with Crippen LogP contribution in [0.1, 0.15) is 67.2 Å². The monoisotopic (exact) mass is 432 g/mol. The Bertz CT molecular complexity index is 907. The molecule has 3 unspecified atom stereocenters. The van der Waals surface area contributed by atoms with E-state index in [0.29, 0.717) is 6.42 Å². The lowest BCUT2D eigenvalue weighted by atomic mass is 9.48. The Morgan fingerprint density at radius 2 is 1.74 bits per heavy atom. The summed E-state index contributed by atoms with van der Waals surface area (Å²) in [6, 6.07) is 0. The van der Waals surface area contributed by atoms with E-state index in [1.165, 1.54) is 13.8 Å². The van der Waals surface area contributed by atoms with E-state index in [2.05, 4.69) is 13.8 Å². The third kappa shape index (κ3) is 3.83. The van der Waals surface area contributed by atoms with Gasteiger partial charge in [-0.25, -0.2) is 0 Å². The van der Waals surface area contributed by atoms with Crippen molar-refractivity contribution in [3.63, 3.8) is 0 Å². The van der Waals surface area contributed by atoms with Gasteiger partial charge in [0.2, 0.25) is 11.6 Å². The van der Waals surface area contributed by atoms with Gasteiger partial charge in [0.1, 0.15) is 11.9 Å². The van der Waals surface area contributed by atoms with E-state index in [-0.39, 0.29) is 40.4 Å². The Morgan fingerprint density at radius 1 is 1.10 bits per heavy atom. The summed E-state index contributed by atoms with van der Waals surface area (Å²) in [5.74, 6) is -3.43. The van der Waals surface area contributed by atoms with E-state index in [1.807, 2.05) is 6.92 Å². The number of fused-ring (bicyclic) bond motifs is 2. The smallest absolute Gasteiger partial charge is 0.303 e.